The van der Waals surface area contributed by atoms with Crippen molar-refractivity contribution in [3.63, 3.8) is 0 Å². The largest absolute Gasteiger partial charge is 0.449 e. The zero-order valence-corrected chi connectivity index (χ0v) is 21.5. The van der Waals surface area contributed by atoms with Crippen LogP contribution in [0.4, 0.5) is 0 Å². The molecular formula is C38H22O2. The van der Waals surface area contributed by atoms with Crippen LogP contribution in [0.1, 0.15) is 0 Å². The summed E-state index contributed by atoms with van der Waals surface area (Å²) < 4.78 is 12.7. The lowest BCUT2D eigenvalue weighted by molar-refractivity contribution is 0.360. The van der Waals surface area contributed by atoms with Crippen molar-refractivity contribution >= 4 is 43.1 Å². The normalized spacial score (nSPS) is 12.4. The standard InChI is InChI=1S/C38H22O2/c1-2-6-23(7-3-1)29-15-10-24-13-18-32-30(16-11-25-12-17-31(29)37(24)38(25)32)28-14-19-33-34(22-28)40-36-21-27-9-5-4-8-26(27)20-35(36)39-33/h1-22H. The van der Waals surface area contributed by atoms with E-state index in [4.69, 9.17) is 9.47 Å². The Hall–Kier alpha value is -5.34. The molecule has 8 aromatic rings. The van der Waals surface area contributed by atoms with Crippen molar-refractivity contribution in [2.45, 2.75) is 0 Å². The van der Waals surface area contributed by atoms with Gasteiger partial charge in [-0.3, -0.25) is 0 Å². The van der Waals surface area contributed by atoms with Gasteiger partial charge in [0.1, 0.15) is 0 Å². The molecule has 0 aromatic heterocycles. The van der Waals surface area contributed by atoms with Crippen LogP contribution in [0.2, 0.25) is 0 Å². The smallest absolute Gasteiger partial charge is 0.170 e. The maximum Gasteiger partial charge on any atom is 0.170 e. The van der Waals surface area contributed by atoms with Crippen molar-refractivity contribution < 1.29 is 9.47 Å². The summed E-state index contributed by atoms with van der Waals surface area (Å²) in [5.74, 6) is 2.96. The Kier molecular flexibility index (Phi) is 4.36. The maximum absolute atomic E-state index is 6.41. The number of hydrogen-bond donors (Lipinski definition) is 0. The summed E-state index contributed by atoms with van der Waals surface area (Å²) in [5, 5.41) is 9.92. The predicted molar refractivity (Wildman–Crippen MR) is 165 cm³/mol. The summed E-state index contributed by atoms with van der Waals surface area (Å²) in [7, 11) is 0. The lowest BCUT2D eigenvalue weighted by Gasteiger charge is -2.22. The Balaban J connectivity index is 1.22. The highest BCUT2D eigenvalue weighted by Gasteiger charge is 2.21. The zero-order chi connectivity index (χ0) is 26.2. The number of fused-ring (bicyclic) bond motifs is 3. The molecule has 0 atom stereocenters. The van der Waals surface area contributed by atoms with Crippen LogP contribution in [0.5, 0.6) is 23.0 Å². The first kappa shape index (κ1) is 21.6. The van der Waals surface area contributed by atoms with Gasteiger partial charge >= 0.3 is 0 Å². The Morgan fingerprint density at radius 2 is 0.850 bits per heavy atom. The van der Waals surface area contributed by atoms with Crippen LogP contribution >= 0.6 is 0 Å². The number of hydrogen-bond acceptors (Lipinski definition) is 2. The number of ether oxygens (including phenoxy) is 2. The summed E-state index contributed by atoms with van der Waals surface area (Å²) in [6, 6.07) is 47.3. The average molecular weight is 511 g/mol. The Bertz CT molecular complexity index is 2260. The minimum atomic E-state index is 0.733. The molecule has 186 valence electrons. The molecular weight excluding hydrogens is 488 g/mol. The summed E-state index contributed by atoms with van der Waals surface area (Å²) in [6.45, 7) is 0. The topological polar surface area (TPSA) is 18.5 Å². The van der Waals surface area contributed by atoms with E-state index in [0.717, 1.165) is 39.3 Å². The third kappa shape index (κ3) is 3.11. The van der Waals surface area contributed by atoms with Crippen LogP contribution < -0.4 is 9.47 Å². The Morgan fingerprint density at radius 1 is 0.325 bits per heavy atom. The molecule has 2 nitrogen and oxygen atoms in total. The highest BCUT2D eigenvalue weighted by Crippen LogP contribution is 2.49. The molecule has 0 spiro atoms. The molecule has 0 fully saturated rings. The molecule has 9 rings (SSSR count). The first-order valence-electron chi connectivity index (χ1n) is 13.6. The molecule has 0 amide bonds. The number of rotatable bonds is 2. The Morgan fingerprint density at radius 3 is 1.50 bits per heavy atom. The fourth-order valence-corrected chi connectivity index (χ4v) is 6.36. The lowest BCUT2D eigenvalue weighted by atomic mass is 9.87. The fraction of sp³-hybridized carbons (Fsp3) is 0. The van der Waals surface area contributed by atoms with Crippen molar-refractivity contribution in [1.82, 2.24) is 0 Å². The third-order valence-corrected chi connectivity index (χ3v) is 8.26. The van der Waals surface area contributed by atoms with Crippen LogP contribution in [0, 0.1) is 0 Å². The second-order valence-corrected chi connectivity index (χ2v) is 10.5. The molecule has 1 heterocycles. The van der Waals surface area contributed by atoms with Gasteiger partial charge in [-0.05, 0) is 89.6 Å². The van der Waals surface area contributed by atoms with Crippen molar-refractivity contribution in [2.24, 2.45) is 0 Å². The molecule has 8 aromatic carbocycles. The minimum Gasteiger partial charge on any atom is -0.449 e. The van der Waals surface area contributed by atoms with Gasteiger partial charge in [0.15, 0.2) is 23.0 Å². The van der Waals surface area contributed by atoms with E-state index in [1.165, 1.54) is 49.0 Å². The van der Waals surface area contributed by atoms with Crippen molar-refractivity contribution in [3.8, 4) is 45.3 Å². The molecule has 1 aliphatic heterocycles. The highest BCUT2D eigenvalue weighted by atomic mass is 16.6. The second-order valence-electron chi connectivity index (χ2n) is 10.5. The quantitative estimate of drug-likeness (QED) is 0.215. The van der Waals surface area contributed by atoms with E-state index in [9.17, 15) is 0 Å². The van der Waals surface area contributed by atoms with E-state index in [1.54, 1.807) is 0 Å². The zero-order valence-electron chi connectivity index (χ0n) is 21.5. The van der Waals surface area contributed by atoms with E-state index < -0.39 is 0 Å². The summed E-state index contributed by atoms with van der Waals surface area (Å²) in [5.41, 5.74) is 4.79. The van der Waals surface area contributed by atoms with Gasteiger partial charge in [-0.15, -0.1) is 0 Å². The Labute approximate surface area is 231 Å². The molecule has 0 radical (unpaired) electrons. The first-order valence-corrected chi connectivity index (χ1v) is 13.6. The van der Waals surface area contributed by atoms with Crippen molar-refractivity contribution in [1.29, 1.82) is 0 Å². The molecule has 0 aliphatic carbocycles. The van der Waals surface area contributed by atoms with E-state index in [0.29, 0.717) is 0 Å². The average Bonchev–Trinajstić information content (AvgIpc) is 3.01. The van der Waals surface area contributed by atoms with Gasteiger partial charge in [0, 0.05) is 0 Å². The summed E-state index contributed by atoms with van der Waals surface area (Å²) in [4.78, 5) is 0. The highest BCUT2D eigenvalue weighted by molar-refractivity contribution is 6.27. The first-order chi connectivity index (χ1) is 19.8. The van der Waals surface area contributed by atoms with Crippen LogP contribution in [-0.2, 0) is 0 Å². The lowest BCUT2D eigenvalue weighted by Crippen LogP contribution is -1.99. The van der Waals surface area contributed by atoms with Crippen LogP contribution in [0.15, 0.2) is 133 Å². The minimum absolute atomic E-state index is 0.733. The molecule has 2 heteroatoms. The number of benzene rings is 8. The molecule has 1 aliphatic rings. The third-order valence-electron chi connectivity index (χ3n) is 8.26. The summed E-state index contributed by atoms with van der Waals surface area (Å²) in [6.07, 6.45) is 0. The van der Waals surface area contributed by atoms with Crippen LogP contribution in [0.3, 0.4) is 0 Å². The van der Waals surface area contributed by atoms with Gasteiger partial charge in [0.05, 0.1) is 0 Å². The van der Waals surface area contributed by atoms with E-state index in [-0.39, 0.29) is 0 Å². The maximum atomic E-state index is 6.41. The molecule has 0 bridgehead atoms. The van der Waals surface area contributed by atoms with E-state index in [1.807, 2.05) is 24.3 Å². The van der Waals surface area contributed by atoms with Crippen LogP contribution in [-0.4, -0.2) is 0 Å². The molecule has 40 heavy (non-hydrogen) atoms. The summed E-state index contributed by atoms with van der Waals surface area (Å²) >= 11 is 0. The molecule has 0 saturated heterocycles. The molecule has 0 saturated carbocycles. The van der Waals surface area contributed by atoms with Gasteiger partial charge in [-0.1, -0.05) is 109 Å². The van der Waals surface area contributed by atoms with Gasteiger partial charge in [0.25, 0.3) is 0 Å². The molecule has 0 N–H and O–H groups in total. The SMILES string of the molecule is c1ccc(-c2ccc3ccc4c(-c5ccc6c(c5)Oc5cc7ccccc7cc5O6)ccc5ccc2c3c54)cc1. The predicted octanol–water partition coefficient (Wildman–Crippen LogP) is 11.0. The second kappa shape index (κ2) is 8.08. The monoisotopic (exact) mass is 510 g/mol. The van der Waals surface area contributed by atoms with Crippen molar-refractivity contribution in [3.05, 3.63) is 133 Å². The van der Waals surface area contributed by atoms with Gasteiger partial charge in [-0.2, -0.15) is 0 Å². The molecule has 0 unspecified atom stereocenters. The fourth-order valence-electron chi connectivity index (χ4n) is 6.36. The van der Waals surface area contributed by atoms with Gasteiger partial charge in [0.2, 0.25) is 0 Å². The van der Waals surface area contributed by atoms with Crippen LogP contribution in [0.25, 0.3) is 65.3 Å². The van der Waals surface area contributed by atoms with Crippen molar-refractivity contribution in [2.75, 3.05) is 0 Å². The van der Waals surface area contributed by atoms with E-state index >= 15 is 0 Å². The van der Waals surface area contributed by atoms with Gasteiger partial charge < -0.3 is 9.47 Å². The van der Waals surface area contributed by atoms with E-state index in [2.05, 4.69) is 109 Å². The van der Waals surface area contributed by atoms with Gasteiger partial charge in [-0.25, -0.2) is 0 Å².